The third-order valence-electron chi connectivity index (χ3n) is 3.37. The van der Waals surface area contributed by atoms with Crippen LogP contribution in [0.3, 0.4) is 0 Å². The molecule has 1 aromatic heterocycles. The molecule has 0 atom stereocenters. The summed E-state index contributed by atoms with van der Waals surface area (Å²) in [5.41, 5.74) is 0. The first-order valence-corrected chi connectivity index (χ1v) is 6.34. The number of Topliss-reactive ketones (excluding diaryl/α,β-unsaturated/α-hetero) is 1. The maximum atomic E-state index is 11.2. The summed E-state index contributed by atoms with van der Waals surface area (Å²) >= 11 is 0. The number of hydrogen-bond donors (Lipinski definition) is 0. The predicted octanol–water partition coefficient (Wildman–Crippen LogP) is 2.14. The monoisotopic (exact) mass is 237 g/mol. The first-order valence-electron chi connectivity index (χ1n) is 6.34. The van der Waals surface area contributed by atoms with Crippen molar-refractivity contribution in [1.82, 2.24) is 10.1 Å². The summed E-state index contributed by atoms with van der Waals surface area (Å²) in [4.78, 5) is 17.7. The van der Waals surface area contributed by atoms with Gasteiger partial charge in [0.05, 0.1) is 0 Å². The number of nitrogens with zero attached hydrogens (tertiary/aromatic N) is 3. The molecule has 2 rings (SSSR count). The molecule has 1 aliphatic rings. The van der Waals surface area contributed by atoms with Crippen molar-refractivity contribution < 1.29 is 9.32 Å². The van der Waals surface area contributed by atoms with Gasteiger partial charge in [0.25, 0.3) is 5.95 Å². The lowest BCUT2D eigenvalue weighted by Gasteiger charge is -2.17. The van der Waals surface area contributed by atoms with Crippen molar-refractivity contribution in [2.45, 2.75) is 45.4 Å². The maximum Gasteiger partial charge on any atom is 0.266 e. The molecule has 0 N–H and O–H groups in total. The van der Waals surface area contributed by atoms with E-state index >= 15 is 0 Å². The number of carbonyl (C=O) groups is 1. The normalized spacial score (nSPS) is 17.4. The van der Waals surface area contributed by atoms with Gasteiger partial charge < -0.3 is 9.42 Å². The molecule has 0 saturated heterocycles. The van der Waals surface area contributed by atoms with E-state index in [2.05, 4.69) is 28.9 Å². The van der Waals surface area contributed by atoms with Crippen molar-refractivity contribution in [3.63, 3.8) is 0 Å². The molecule has 1 saturated carbocycles. The van der Waals surface area contributed by atoms with Gasteiger partial charge in [-0.25, -0.2) is 0 Å². The van der Waals surface area contributed by atoms with Crippen LogP contribution in [0.15, 0.2) is 4.52 Å². The van der Waals surface area contributed by atoms with Gasteiger partial charge in [-0.05, 0) is 31.8 Å². The molecule has 1 fully saturated rings. The average Bonchev–Trinajstić information content (AvgIpc) is 2.81. The fourth-order valence-electron chi connectivity index (χ4n) is 2.21. The smallest absolute Gasteiger partial charge is 0.266 e. The van der Waals surface area contributed by atoms with E-state index in [1.165, 1.54) is 0 Å². The topological polar surface area (TPSA) is 59.2 Å². The van der Waals surface area contributed by atoms with E-state index in [4.69, 9.17) is 4.52 Å². The molecular weight excluding hydrogens is 218 g/mol. The van der Waals surface area contributed by atoms with Gasteiger partial charge >= 0.3 is 0 Å². The van der Waals surface area contributed by atoms with E-state index in [1.54, 1.807) is 0 Å². The second-order valence-corrected chi connectivity index (χ2v) is 4.42. The van der Waals surface area contributed by atoms with Crippen LogP contribution in [0.5, 0.6) is 0 Å². The highest BCUT2D eigenvalue weighted by Gasteiger charge is 2.25. The largest absolute Gasteiger partial charge is 0.339 e. The lowest BCUT2D eigenvalue weighted by molar-refractivity contribution is -0.120. The van der Waals surface area contributed by atoms with Crippen molar-refractivity contribution in [3.05, 3.63) is 5.89 Å². The molecule has 1 aliphatic carbocycles. The summed E-state index contributed by atoms with van der Waals surface area (Å²) in [5.74, 6) is 1.98. The van der Waals surface area contributed by atoms with Crippen molar-refractivity contribution in [1.29, 1.82) is 0 Å². The quantitative estimate of drug-likeness (QED) is 0.803. The second-order valence-electron chi connectivity index (χ2n) is 4.42. The highest BCUT2D eigenvalue weighted by atomic mass is 16.5. The highest BCUT2D eigenvalue weighted by molar-refractivity contribution is 5.79. The number of hydrogen-bond acceptors (Lipinski definition) is 5. The first-order chi connectivity index (χ1) is 8.24. The molecule has 1 heterocycles. The predicted molar refractivity (Wildman–Crippen MR) is 64.1 cm³/mol. The molecule has 0 unspecified atom stereocenters. The Morgan fingerprint density at radius 2 is 1.94 bits per heavy atom. The third-order valence-corrected chi connectivity index (χ3v) is 3.37. The maximum absolute atomic E-state index is 11.2. The van der Waals surface area contributed by atoms with Crippen molar-refractivity contribution in [2.24, 2.45) is 0 Å². The molecule has 1 aromatic rings. The van der Waals surface area contributed by atoms with Crippen molar-refractivity contribution >= 4 is 11.7 Å². The summed E-state index contributed by atoms with van der Waals surface area (Å²) in [7, 11) is 0. The third kappa shape index (κ3) is 2.65. The Labute approximate surface area is 101 Å². The van der Waals surface area contributed by atoms with Crippen LogP contribution in [0.4, 0.5) is 5.95 Å². The van der Waals surface area contributed by atoms with Crippen LogP contribution in [0.2, 0.25) is 0 Å². The SMILES string of the molecule is CCN(CC)c1noc(C2CCC(=O)CC2)n1. The van der Waals surface area contributed by atoms with Gasteiger partial charge in [-0.2, -0.15) is 4.98 Å². The zero-order chi connectivity index (χ0) is 12.3. The molecule has 5 nitrogen and oxygen atoms in total. The van der Waals surface area contributed by atoms with Gasteiger partial charge in [0, 0.05) is 31.8 Å². The van der Waals surface area contributed by atoms with Crippen LogP contribution >= 0.6 is 0 Å². The molecule has 0 aromatic carbocycles. The highest BCUT2D eigenvalue weighted by Crippen LogP contribution is 2.30. The minimum Gasteiger partial charge on any atom is -0.339 e. The lowest BCUT2D eigenvalue weighted by Crippen LogP contribution is -2.23. The minimum absolute atomic E-state index is 0.268. The summed E-state index contributed by atoms with van der Waals surface area (Å²) in [6.07, 6.45) is 2.98. The molecular formula is C12H19N3O2. The Kier molecular flexibility index (Phi) is 3.76. The van der Waals surface area contributed by atoms with Crippen LogP contribution in [-0.2, 0) is 4.79 Å². The zero-order valence-electron chi connectivity index (χ0n) is 10.5. The minimum atomic E-state index is 0.268. The van der Waals surface area contributed by atoms with E-state index in [9.17, 15) is 4.79 Å². The summed E-state index contributed by atoms with van der Waals surface area (Å²) in [6.45, 7) is 5.88. The standard InChI is InChI=1S/C12H19N3O2/c1-3-15(4-2)12-13-11(17-14-12)9-5-7-10(16)8-6-9/h9H,3-8H2,1-2H3. The molecule has 17 heavy (non-hydrogen) atoms. The average molecular weight is 237 g/mol. The number of ketones is 1. The van der Waals surface area contributed by atoms with Gasteiger partial charge in [0.15, 0.2) is 0 Å². The molecule has 0 aliphatic heterocycles. The van der Waals surface area contributed by atoms with E-state index in [0.29, 0.717) is 30.5 Å². The zero-order valence-corrected chi connectivity index (χ0v) is 10.5. The molecule has 0 amide bonds. The Morgan fingerprint density at radius 1 is 1.29 bits per heavy atom. The van der Waals surface area contributed by atoms with E-state index in [0.717, 1.165) is 25.9 Å². The van der Waals surface area contributed by atoms with Crippen molar-refractivity contribution in [3.8, 4) is 0 Å². The van der Waals surface area contributed by atoms with Gasteiger partial charge in [-0.1, -0.05) is 0 Å². The van der Waals surface area contributed by atoms with Gasteiger partial charge in [-0.3, -0.25) is 4.79 Å². The Morgan fingerprint density at radius 3 is 2.53 bits per heavy atom. The van der Waals surface area contributed by atoms with Gasteiger partial charge in [0.2, 0.25) is 5.89 Å². The molecule has 94 valence electrons. The van der Waals surface area contributed by atoms with Crippen molar-refractivity contribution in [2.75, 3.05) is 18.0 Å². The summed E-state index contributed by atoms with van der Waals surface area (Å²) in [5, 5.41) is 4.01. The van der Waals surface area contributed by atoms with Crippen LogP contribution in [0, 0.1) is 0 Å². The summed E-state index contributed by atoms with van der Waals surface area (Å²) < 4.78 is 5.31. The number of carbonyl (C=O) groups excluding carboxylic acids is 1. The van der Waals surface area contributed by atoms with Crippen LogP contribution in [-0.4, -0.2) is 29.0 Å². The van der Waals surface area contributed by atoms with Crippen LogP contribution in [0.25, 0.3) is 0 Å². The first kappa shape index (κ1) is 12.1. The Hall–Kier alpha value is -1.39. The fourth-order valence-corrected chi connectivity index (χ4v) is 2.21. The molecule has 5 heteroatoms. The summed E-state index contributed by atoms with van der Waals surface area (Å²) in [6, 6.07) is 0. The Balaban J connectivity index is 2.05. The van der Waals surface area contributed by atoms with E-state index < -0.39 is 0 Å². The Bertz CT molecular complexity index is 375. The fraction of sp³-hybridized carbons (Fsp3) is 0.750. The number of aromatic nitrogens is 2. The molecule has 0 spiro atoms. The van der Waals surface area contributed by atoms with E-state index in [1.807, 2.05) is 0 Å². The lowest BCUT2D eigenvalue weighted by atomic mass is 9.88. The second kappa shape index (κ2) is 5.29. The molecule has 0 bridgehead atoms. The van der Waals surface area contributed by atoms with Gasteiger partial charge in [-0.15, -0.1) is 0 Å². The van der Waals surface area contributed by atoms with Crippen LogP contribution in [0.1, 0.15) is 51.3 Å². The van der Waals surface area contributed by atoms with Gasteiger partial charge in [0.1, 0.15) is 5.78 Å². The number of anilines is 1. The number of rotatable bonds is 4. The van der Waals surface area contributed by atoms with E-state index in [-0.39, 0.29) is 5.92 Å². The van der Waals surface area contributed by atoms with Crippen LogP contribution < -0.4 is 4.90 Å². The molecule has 0 radical (unpaired) electrons.